The SMILES string of the molecule is c1cc(C2CCCCC2)ccc1N=C1NCCN1. The lowest BCUT2D eigenvalue weighted by Gasteiger charge is -2.21. The van der Waals surface area contributed by atoms with Gasteiger partial charge in [0.05, 0.1) is 5.69 Å². The van der Waals surface area contributed by atoms with Crippen molar-refractivity contribution in [2.45, 2.75) is 38.0 Å². The van der Waals surface area contributed by atoms with Crippen LogP contribution in [0.25, 0.3) is 0 Å². The maximum atomic E-state index is 4.54. The molecule has 0 radical (unpaired) electrons. The van der Waals surface area contributed by atoms with Crippen LogP contribution in [0.3, 0.4) is 0 Å². The standard InChI is InChI=1S/C15H21N3/c1-2-4-12(5-3-1)13-6-8-14(9-7-13)18-15-16-10-11-17-15/h6-9,12H,1-5,10-11H2,(H2,16,17,18). The molecule has 3 nitrogen and oxygen atoms in total. The molecule has 1 saturated heterocycles. The van der Waals surface area contributed by atoms with E-state index >= 15 is 0 Å². The second-order valence-electron chi connectivity index (χ2n) is 5.24. The zero-order valence-electron chi connectivity index (χ0n) is 10.8. The molecule has 0 amide bonds. The molecule has 2 N–H and O–H groups in total. The summed E-state index contributed by atoms with van der Waals surface area (Å²) in [5.74, 6) is 1.68. The fourth-order valence-electron chi connectivity index (χ4n) is 2.89. The third-order valence-electron chi connectivity index (χ3n) is 3.92. The van der Waals surface area contributed by atoms with Crippen LogP contribution in [0.4, 0.5) is 5.69 Å². The Balaban J connectivity index is 1.70. The largest absolute Gasteiger partial charge is 0.354 e. The van der Waals surface area contributed by atoms with E-state index in [4.69, 9.17) is 0 Å². The van der Waals surface area contributed by atoms with Crippen LogP contribution in [0.15, 0.2) is 29.3 Å². The fourth-order valence-corrected chi connectivity index (χ4v) is 2.89. The lowest BCUT2D eigenvalue weighted by molar-refractivity contribution is 0.443. The quantitative estimate of drug-likeness (QED) is 0.838. The lowest BCUT2D eigenvalue weighted by atomic mass is 9.84. The molecule has 96 valence electrons. The Bertz CT molecular complexity index is 408. The minimum absolute atomic E-state index is 0.781. The number of nitrogens with one attached hydrogen (secondary N) is 2. The van der Waals surface area contributed by atoms with Crippen molar-refractivity contribution in [3.63, 3.8) is 0 Å². The number of guanidine groups is 1. The van der Waals surface area contributed by atoms with Gasteiger partial charge < -0.3 is 10.6 Å². The van der Waals surface area contributed by atoms with E-state index in [1.54, 1.807) is 0 Å². The molecule has 0 atom stereocenters. The summed E-state index contributed by atoms with van der Waals surface area (Å²) >= 11 is 0. The Hall–Kier alpha value is -1.51. The molecule has 1 aliphatic carbocycles. The number of aliphatic imine (C=N–C) groups is 1. The summed E-state index contributed by atoms with van der Waals surface area (Å²) in [7, 11) is 0. The molecular formula is C15H21N3. The van der Waals surface area contributed by atoms with E-state index in [-0.39, 0.29) is 0 Å². The summed E-state index contributed by atoms with van der Waals surface area (Å²) in [5, 5.41) is 6.44. The Labute approximate surface area is 109 Å². The van der Waals surface area contributed by atoms with Gasteiger partial charge in [-0.25, -0.2) is 4.99 Å². The maximum absolute atomic E-state index is 4.54. The Morgan fingerprint density at radius 1 is 0.889 bits per heavy atom. The average molecular weight is 243 g/mol. The molecule has 0 spiro atoms. The number of hydrogen-bond acceptors (Lipinski definition) is 1. The third kappa shape index (κ3) is 2.66. The zero-order valence-corrected chi connectivity index (χ0v) is 10.8. The van der Waals surface area contributed by atoms with Crippen molar-refractivity contribution in [1.82, 2.24) is 10.6 Å². The monoisotopic (exact) mass is 243 g/mol. The molecule has 18 heavy (non-hydrogen) atoms. The molecule has 3 heteroatoms. The van der Waals surface area contributed by atoms with Crippen molar-refractivity contribution >= 4 is 11.6 Å². The first-order valence-corrected chi connectivity index (χ1v) is 7.08. The smallest absolute Gasteiger partial charge is 0.196 e. The summed E-state index contributed by atoms with van der Waals surface area (Å²) in [6, 6.07) is 8.78. The molecule has 2 fully saturated rings. The zero-order chi connectivity index (χ0) is 12.2. The van der Waals surface area contributed by atoms with Crippen LogP contribution in [0.5, 0.6) is 0 Å². The van der Waals surface area contributed by atoms with Gasteiger partial charge in [0, 0.05) is 13.1 Å². The Kier molecular flexibility index (Phi) is 3.49. The topological polar surface area (TPSA) is 36.4 Å². The molecule has 1 saturated carbocycles. The first-order chi connectivity index (χ1) is 8.92. The van der Waals surface area contributed by atoms with Gasteiger partial charge in [-0.05, 0) is 36.5 Å². The summed E-state index contributed by atoms with van der Waals surface area (Å²) in [4.78, 5) is 4.54. The highest BCUT2D eigenvalue weighted by Gasteiger charge is 2.15. The summed E-state index contributed by atoms with van der Waals surface area (Å²) in [6.07, 6.45) is 6.92. The molecule has 2 aliphatic rings. The van der Waals surface area contributed by atoms with Gasteiger partial charge in [-0.1, -0.05) is 31.4 Å². The highest BCUT2D eigenvalue weighted by Crippen LogP contribution is 2.33. The predicted octanol–water partition coefficient (Wildman–Crippen LogP) is 2.91. The Morgan fingerprint density at radius 3 is 2.22 bits per heavy atom. The number of nitrogens with zero attached hydrogens (tertiary/aromatic N) is 1. The molecule has 1 aliphatic heterocycles. The van der Waals surface area contributed by atoms with E-state index in [1.807, 2.05) is 0 Å². The minimum atomic E-state index is 0.781. The molecule has 3 rings (SSSR count). The average Bonchev–Trinajstić information content (AvgIpc) is 2.94. The second kappa shape index (κ2) is 5.42. The van der Waals surface area contributed by atoms with E-state index in [0.717, 1.165) is 30.7 Å². The van der Waals surface area contributed by atoms with Gasteiger partial charge in [0.1, 0.15) is 0 Å². The van der Waals surface area contributed by atoms with Gasteiger partial charge >= 0.3 is 0 Å². The summed E-state index contributed by atoms with van der Waals surface area (Å²) < 4.78 is 0. The highest BCUT2D eigenvalue weighted by atomic mass is 15.2. The van der Waals surface area contributed by atoms with Crippen molar-refractivity contribution in [3.05, 3.63) is 29.8 Å². The molecule has 0 aromatic heterocycles. The molecule has 0 unspecified atom stereocenters. The van der Waals surface area contributed by atoms with Gasteiger partial charge in [0.25, 0.3) is 0 Å². The second-order valence-corrected chi connectivity index (χ2v) is 5.24. The minimum Gasteiger partial charge on any atom is -0.354 e. The number of rotatable bonds is 2. The van der Waals surface area contributed by atoms with E-state index in [9.17, 15) is 0 Å². The van der Waals surface area contributed by atoms with Gasteiger partial charge in [-0.15, -0.1) is 0 Å². The van der Waals surface area contributed by atoms with Crippen molar-refractivity contribution in [2.75, 3.05) is 13.1 Å². The van der Waals surface area contributed by atoms with Crippen molar-refractivity contribution in [3.8, 4) is 0 Å². The first-order valence-electron chi connectivity index (χ1n) is 7.08. The molecule has 0 bridgehead atoms. The fraction of sp³-hybridized carbons (Fsp3) is 0.533. The van der Waals surface area contributed by atoms with E-state index < -0.39 is 0 Å². The molecule has 1 aromatic carbocycles. The number of hydrogen-bond donors (Lipinski definition) is 2. The molecule has 1 heterocycles. The van der Waals surface area contributed by atoms with Crippen molar-refractivity contribution < 1.29 is 0 Å². The Morgan fingerprint density at radius 2 is 1.56 bits per heavy atom. The van der Waals surface area contributed by atoms with Crippen LogP contribution >= 0.6 is 0 Å². The van der Waals surface area contributed by atoms with Crippen molar-refractivity contribution in [2.24, 2.45) is 4.99 Å². The lowest BCUT2D eigenvalue weighted by Crippen LogP contribution is -2.23. The van der Waals surface area contributed by atoms with Crippen LogP contribution in [0.2, 0.25) is 0 Å². The van der Waals surface area contributed by atoms with Crippen LogP contribution in [0.1, 0.15) is 43.6 Å². The predicted molar refractivity (Wildman–Crippen MR) is 75.4 cm³/mol. The van der Waals surface area contributed by atoms with Gasteiger partial charge in [0.15, 0.2) is 5.96 Å². The van der Waals surface area contributed by atoms with Crippen LogP contribution in [0, 0.1) is 0 Å². The van der Waals surface area contributed by atoms with E-state index in [0.29, 0.717) is 0 Å². The van der Waals surface area contributed by atoms with Crippen LogP contribution in [-0.4, -0.2) is 19.0 Å². The third-order valence-corrected chi connectivity index (χ3v) is 3.92. The van der Waals surface area contributed by atoms with Gasteiger partial charge in [-0.2, -0.15) is 0 Å². The van der Waals surface area contributed by atoms with Gasteiger partial charge in [0.2, 0.25) is 0 Å². The van der Waals surface area contributed by atoms with Crippen molar-refractivity contribution in [1.29, 1.82) is 0 Å². The molecular weight excluding hydrogens is 222 g/mol. The van der Waals surface area contributed by atoms with Gasteiger partial charge in [-0.3, -0.25) is 0 Å². The maximum Gasteiger partial charge on any atom is 0.196 e. The molecule has 1 aromatic rings. The van der Waals surface area contributed by atoms with E-state index in [2.05, 4.69) is 39.9 Å². The van der Waals surface area contributed by atoms with Crippen LogP contribution < -0.4 is 10.6 Å². The number of benzene rings is 1. The van der Waals surface area contributed by atoms with Crippen LogP contribution in [-0.2, 0) is 0 Å². The highest BCUT2D eigenvalue weighted by molar-refractivity contribution is 5.84. The van der Waals surface area contributed by atoms with E-state index in [1.165, 1.54) is 37.7 Å². The summed E-state index contributed by atoms with van der Waals surface area (Å²) in [5.41, 5.74) is 2.53. The summed E-state index contributed by atoms with van der Waals surface area (Å²) in [6.45, 7) is 1.94. The first kappa shape index (κ1) is 11.6. The normalized spacial score (nSPS) is 20.3.